The lowest BCUT2D eigenvalue weighted by atomic mass is 10.1. The van der Waals surface area contributed by atoms with E-state index in [1.807, 2.05) is 0 Å². The van der Waals surface area contributed by atoms with E-state index in [1.165, 1.54) is 4.90 Å². The fourth-order valence-corrected chi connectivity index (χ4v) is 4.66. The second-order valence-corrected chi connectivity index (χ2v) is 11.9. The van der Waals surface area contributed by atoms with E-state index in [4.69, 9.17) is 61.9 Å². The second kappa shape index (κ2) is 36.8. The molecule has 3 amide bonds. The Morgan fingerprint density at radius 2 is 0.724 bits per heavy atom. The summed E-state index contributed by atoms with van der Waals surface area (Å²) in [4.78, 5) is 47.5. The summed E-state index contributed by atoms with van der Waals surface area (Å²) in [5.41, 5.74) is 0.867. The number of fused-ring (bicyclic) bond motifs is 1. The van der Waals surface area contributed by atoms with Crippen LogP contribution in [0.3, 0.4) is 0 Å². The van der Waals surface area contributed by atoms with Crippen LogP contribution in [0, 0.1) is 0 Å². The Kier molecular flexibility index (Phi) is 32.3. The third kappa shape index (κ3) is 27.5. The topological polar surface area (TPSA) is 224 Å². The van der Waals surface area contributed by atoms with Crippen molar-refractivity contribution >= 4 is 23.7 Å². The van der Waals surface area contributed by atoms with Gasteiger partial charge in [-0.15, -0.1) is 0 Å². The zero-order valence-electron chi connectivity index (χ0n) is 33.4. The van der Waals surface area contributed by atoms with Gasteiger partial charge in [0.2, 0.25) is 5.91 Å². The number of benzene rings is 1. The third-order valence-electron chi connectivity index (χ3n) is 7.46. The van der Waals surface area contributed by atoms with Crippen molar-refractivity contribution in [3.63, 3.8) is 0 Å². The van der Waals surface area contributed by atoms with E-state index in [1.54, 1.807) is 24.3 Å². The fraction of sp³-hybridized carbons (Fsp3) is 0.737. The molecule has 332 valence electrons. The third-order valence-corrected chi connectivity index (χ3v) is 7.46. The molecule has 0 aromatic heterocycles. The van der Waals surface area contributed by atoms with Gasteiger partial charge in [0.05, 0.1) is 176 Å². The van der Waals surface area contributed by atoms with Crippen molar-refractivity contribution in [3.8, 4) is 0 Å². The number of nitrogens with zero attached hydrogens (tertiary/aromatic N) is 1. The molecule has 0 unspecified atom stereocenters. The van der Waals surface area contributed by atoms with Crippen molar-refractivity contribution in [2.24, 2.45) is 0 Å². The quantitative estimate of drug-likeness (QED) is 0.0637. The van der Waals surface area contributed by atoms with Crippen LogP contribution in [0.5, 0.6) is 0 Å². The molecule has 0 saturated carbocycles. The molecule has 0 atom stereocenters. The molecule has 2 rings (SSSR count). The van der Waals surface area contributed by atoms with E-state index in [0.29, 0.717) is 170 Å². The molecule has 0 aliphatic carbocycles. The monoisotopic (exact) mass is 834 g/mol. The van der Waals surface area contributed by atoms with Crippen LogP contribution < -0.4 is 5.32 Å². The lowest BCUT2D eigenvalue weighted by molar-refractivity contribution is -0.143. The largest absolute Gasteiger partial charge is 0.480 e. The molecule has 1 aromatic carbocycles. The van der Waals surface area contributed by atoms with Gasteiger partial charge in [0, 0.05) is 6.54 Å². The summed E-state index contributed by atoms with van der Waals surface area (Å²) >= 11 is 0. The Morgan fingerprint density at radius 1 is 0.431 bits per heavy atom. The Hall–Kier alpha value is -3.22. The number of carboxylic acids is 1. The predicted octanol–water partition coefficient (Wildman–Crippen LogP) is -0.301. The Labute approximate surface area is 339 Å². The van der Waals surface area contributed by atoms with Gasteiger partial charge in [0.1, 0.15) is 13.2 Å². The van der Waals surface area contributed by atoms with Crippen LogP contribution >= 0.6 is 0 Å². The highest BCUT2D eigenvalue weighted by Gasteiger charge is 2.34. The van der Waals surface area contributed by atoms with Crippen LogP contribution in [0.15, 0.2) is 24.3 Å². The first-order chi connectivity index (χ1) is 28.5. The molecule has 1 aromatic rings. The molecular weight excluding hydrogens is 772 g/mol. The normalized spacial score (nSPS) is 12.4. The minimum absolute atomic E-state index is 0.204. The van der Waals surface area contributed by atoms with Crippen LogP contribution in [0.25, 0.3) is 0 Å². The van der Waals surface area contributed by atoms with Crippen LogP contribution in [0.4, 0.5) is 0 Å². The van der Waals surface area contributed by atoms with Gasteiger partial charge in [-0.1, -0.05) is 12.1 Å². The van der Waals surface area contributed by atoms with E-state index >= 15 is 0 Å². The molecule has 20 nitrogen and oxygen atoms in total. The summed E-state index contributed by atoms with van der Waals surface area (Å²) in [7, 11) is 0. The lowest BCUT2D eigenvalue weighted by Crippen LogP contribution is -2.33. The Balaban J connectivity index is 1.15. The standard InChI is InChI=1S/C38H62N2O18/c41-35(31-58-32-36(42)43)39-5-7-46-9-11-48-13-15-50-17-19-52-21-23-54-25-27-56-29-30-57-28-26-55-24-22-53-20-18-51-16-14-49-12-10-47-8-6-40-37(44)33-3-1-2-4-34(33)38(40)45/h1-4H,5-32H2,(H,39,41)(H,42,43). The number of rotatable bonds is 43. The number of hydrogen-bond donors (Lipinski definition) is 2. The number of carboxylic acid groups (broad SMARTS) is 1. The average molecular weight is 835 g/mol. The molecule has 1 heterocycles. The zero-order chi connectivity index (χ0) is 41.6. The first-order valence-corrected chi connectivity index (χ1v) is 19.4. The van der Waals surface area contributed by atoms with E-state index < -0.39 is 18.5 Å². The van der Waals surface area contributed by atoms with Gasteiger partial charge < -0.3 is 72.0 Å². The van der Waals surface area contributed by atoms with Crippen LogP contribution in [0.2, 0.25) is 0 Å². The Morgan fingerprint density at radius 3 is 1.03 bits per heavy atom. The number of aliphatic carboxylic acids is 1. The van der Waals surface area contributed by atoms with Gasteiger partial charge in [-0.25, -0.2) is 4.79 Å². The van der Waals surface area contributed by atoms with Crippen molar-refractivity contribution in [2.45, 2.75) is 0 Å². The molecule has 1 aliphatic rings. The molecule has 0 fully saturated rings. The number of amides is 3. The van der Waals surface area contributed by atoms with Gasteiger partial charge in [0.15, 0.2) is 0 Å². The number of nitrogens with one attached hydrogen (secondary N) is 1. The number of carbonyl (C=O) groups excluding carboxylic acids is 3. The van der Waals surface area contributed by atoms with Crippen molar-refractivity contribution in [1.29, 1.82) is 0 Å². The molecule has 0 radical (unpaired) electrons. The van der Waals surface area contributed by atoms with Crippen molar-refractivity contribution in [1.82, 2.24) is 10.2 Å². The molecule has 2 N–H and O–H groups in total. The molecule has 0 spiro atoms. The van der Waals surface area contributed by atoms with Gasteiger partial charge in [0.25, 0.3) is 11.8 Å². The predicted molar refractivity (Wildman–Crippen MR) is 203 cm³/mol. The van der Waals surface area contributed by atoms with E-state index in [2.05, 4.69) is 10.1 Å². The highest BCUT2D eigenvalue weighted by molar-refractivity contribution is 6.21. The summed E-state index contributed by atoms with van der Waals surface area (Å²) in [5.74, 6) is -2.11. The first-order valence-electron chi connectivity index (χ1n) is 19.4. The highest BCUT2D eigenvalue weighted by atomic mass is 16.6. The number of hydrogen-bond acceptors (Lipinski definition) is 17. The maximum atomic E-state index is 12.3. The van der Waals surface area contributed by atoms with E-state index in [9.17, 15) is 19.2 Å². The molecule has 1 aliphatic heterocycles. The highest BCUT2D eigenvalue weighted by Crippen LogP contribution is 2.21. The van der Waals surface area contributed by atoms with Crippen molar-refractivity contribution in [2.75, 3.05) is 185 Å². The summed E-state index contributed by atoms with van der Waals surface area (Å²) in [6, 6.07) is 6.79. The van der Waals surface area contributed by atoms with Crippen LogP contribution in [0.1, 0.15) is 20.7 Å². The number of carbonyl (C=O) groups is 4. The minimum Gasteiger partial charge on any atom is -0.480 e. The minimum atomic E-state index is -1.13. The average Bonchev–Trinajstić information content (AvgIpc) is 3.46. The van der Waals surface area contributed by atoms with Crippen LogP contribution in [-0.2, 0) is 71.2 Å². The van der Waals surface area contributed by atoms with Gasteiger partial charge in [-0.2, -0.15) is 0 Å². The Bertz CT molecular complexity index is 1180. The second-order valence-electron chi connectivity index (χ2n) is 11.9. The molecule has 0 saturated heterocycles. The van der Waals surface area contributed by atoms with Crippen LogP contribution in [-0.4, -0.2) is 219 Å². The summed E-state index contributed by atoms with van der Waals surface area (Å²) < 4.78 is 70.1. The van der Waals surface area contributed by atoms with Gasteiger partial charge in [-0.3, -0.25) is 19.3 Å². The molecule has 20 heteroatoms. The summed E-state index contributed by atoms with van der Waals surface area (Å²) in [5, 5.41) is 11.0. The molecule has 58 heavy (non-hydrogen) atoms. The van der Waals surface area contributed by atoms with Crippen molar-refractivity contribution < 1.29 is 85.9 Å². The maximum Gasteiger partial charge on any atom is 0.329 e. The maximum absolute atomic E-state index is 12.3. The summed E-state index contributed by atoms with van der Waals surface area (Å²) in [6.45, 7) is 9.85. The van der Waals surface area contributed by atoms with E-state index in [-0.39, 0.29) is 31.6 Å². The molecular formula is C38H62N2O18. The zero-order valence-corrected chi connectivity index (χ0v) is 33.4. The SMILES string of the molecule is O=C(O)COCC(=O)NCCOCCOCCOCCOCCOCCOCCOCCOCCOCCOCCOCCOCCN1C(=O)c2ccccc2C1=O. The fourth-order valence-electron chi connectivity index (χ4n) is 4.66. The molecule has 0 bridgehead atoms. The number of imide groups is 1. The number of ether oxygens (including phenoxy) is 13. The first kappa shape index (κ1) is 50.9. The van der Waals surface area contributed by atoms with Gasteiger partial charge >= 0.3 is 5.97 Å². The smallest absolute Gasteiger partial charge is 0.329 e. The van der Waals surface area contributed by atoms with Crippen molar-refractivity contribution in [3.05, 3.63) is 35.4 Å². The lowest BCUT2D eigenvalue weighted by Gasteiger charge is -2.13. The van der Waals surface area contributed by atoms with E-state index in [0.717, 1.165) is 0 Å². The van der Waals surface area contributed by atoms with Gasteiger partial charge in [-0.05, 0) is 12.1 Å². The summed E-state index contributed by atoms with van der Waals surface area (Å²) in [6.07, 6.45) is 0.